The van der Waals surface area contributed by atoms with Crippen LogP contribution in [0.4, 0.5) is 4.39 Å². The summed E-state index contributed by atoms with van der Waals surface area (Å²) >= 11 is 0. The Bertz CT molecular complexity index is 746. The molecule has 6 nitrogen and oxygen atoms in total. The van der Waals surface area contributed by atoms with Crippen molar-refractivity contribution in [3.05, 3.63) is 29.6 Å². The van der Waals surface area contributed by atoms with Gasteiger partial charge in [0.05, 0.1) is 0 Å². The molecule has 128 valence electrons. The van der Waals surface area contributed by atoms with Gasteiger partial charge in [0.1, 0.15) is 17.2 Å². The Hall–Kier alpha value is -1.67. The van der Waals surface area contributed by atoms with Crippen LogP contribution in [0.5, 0.6) is 5.75 Å². The predicted octanol–water partition coefficient (Wildman–Crippen LogP) is 1.64. The Labute approximate surface area is 134 Å². The van der Waals surface area contributed by atoms with Crippen molar-refractivity contribution in [2.24, 2.45) is 5.73 Å². The molecule has 0 saturated carbocycles. The van der Waals surface area contributed by atoms with E-state index in [4.69, 9.17) is 10.5 Å². The average molecular weight is 345 g/mol. The number of aliphatic carboxylic acids is 1. The lowest BCUT2D eigenvalue weighted by Crippen LogP contribution is -2.61. The van der Waals surface area contributed by atoms with Crippen molar-refractivity contribution in [1.29, 1.82) is 0 Å². The number of rotatable bonds is 4. The smallest absolute Gasteiger partial charge is 0.340 e. The number of benzene rings is 1. The molecule has 3 N–H and O–H groups in total. The van der Waals surface area contributed by atoms with Crippen LogP contribution in [0.25, 0.3) is 0 Å². The monoisotopic (exact) mass is 345 g/mol. The summed E-state index contributed by atoms with van der Waals surface area (Å²) in [6, 6.07) is 3.62. The highest BCUT2D eigenvalue weighted by atomic mass is 32.2. The number of ether oxygens (including phenoxy) is 1. The van der Waals surface area contributed by atoms with Crippen LogP contribution in [0.1, 0.15) is 38.7 Å². The number of carboxylic acids is 1. The van der Waals surface area contributed by atoms with E-state index in [0.717, 1.165) is 6.07 Å². The molecule has 0 bridgehead atoms. The number of carboxylic acid groups (broad SMARTS) is 1. The fourth-order valence-corrected chi connectivity index (χ4v) is 4.33. The lowest BCUT2D eigenvalue weighted by Gasteiger charge is -2.43. The molecular formula is C15H20FNO5S. The number of carbonyl (C=O) groups is 1. The Balaban J connectivity index is 2.74. The van der Waals surface area contributed by atoms with E-state index in [1.54, 1.807) is 13.8 Å². The van der Waals surface area contributed by atoms with Gasteiger partial charge >= 0.3 is 5.97 Å². The second-order valence-electron chi connectivity index (χ2n) is 6.30. The van der Waals surface area contributed by atoms with Gasteiger partial charge in [-0.1, -0.05) is 6.92 Å². The molecule has 1 aliphatic rings. The third kappa shape index (κ3) is 2.81. The van der Waals surface area contributed by atoms with E-state index >= 15 is 0 Å². The number of halogens is 1. The summed E-state index contributed by atoms with van der Waals surface area (Å²) in [4.78, 5) is 9.24. The van der Waals surface area contributed by atoms with Crippen LogP contribution in [0.2, 0.25) is 0 Å². The van der Waals surface area contributed by atoms with Crippen molar-refractivity contribution in [2.45, 2.75) is 43.6 Å². The van der Waals surface area contributed by atoms with E-state index in [1.165, 1.54) is 19.1 Å². The highest BCUT2D eigenvalue weighted by Crippen LogP contribution is 2.47. The van der Waals surface area contributed by atoms with Crippen molar-refractivity contribution < 1.29 is 27.4 Å². The molecule has 0 aromatic heterocycles. The molecule has 8 heteroatoms. The van der Waals surface area contributed by atoms with E-state index in [-0.39, 0.29) is 17.7 Å². The zero-order valence-corrected chi connectivity index (χ0v) is 14.0. The number of nitrogens with two attached hydrogens (primary N) is 1. The van der Waals surface area contributed by atoms with Crippen LogP contribution in [0.3, 0.4) is 0 Å². The molecule has 0 saturated heterocycles. The minimum absolute atomic E-state index is 0.0332. The van der Waals surface area contributed by atoms with Crippen molar-refractivity contribution in [1.82, 2.24) is 0 Å². The average Bonchev–Trinajstić information content (AvgIpc) is 2.45. The number of hydrogen-bond acceptors (Lipinski definition) is 5. The van der Waals surface area contributed by atoms with E-state index in [0.29, 0.717) is 0 Å². The summed E-state index contributed by atoms with van der Waals surface area (Å²) in [6.07, 6.45) is 0.0332. The van der Waals surface area contributed by atoms with Gasteiger partial charge in [-0.2, -0.15) is 0 Å². The molecule has 0 aliphatic carbocycles. The van der Waals surface area contributed by atoms with Gasteiger partial charge in [0.2, 0.25) is 4.87 Å². The number of hydrogen-bond donors (Lipinski definition) is 2. The van der Waals surface area contributed by atoms with Gasteiger partial charge in [-0.15, -0.1) is 0 Å². The van der Waals surface area contributed by atoms with Crippen LogP contribution < -0.4 is 10.5 Å². The summed E-state index contributed by atoms with van der Waals surface area (Å²) in [6.45, 7) is 4.73. The van der Waals surface area contributed by atoms with Crippen LogP contribution in [-0.4, -0.2) is 35.7 Å². The van der Waals surface area contributed by atoms with E-state index in [9.17, 15) is 22.7 Å². The number of sulfone groups is 1. The minimum atomic E-state index is -4.16. The van der Waals surface area contributed by atoms with Crippen LogP contribution in [0.15, 0.2) is 18.2 Å². The van der Waals surface area contributed by atoms with Gasteiger partial charge in [0.25, 0.3) is 0 Å². The first kappa shape index (κ1) is 17.7. The summed E-state index contributed by atoms with van der Waals surface area (Å²) in [5.41, 5.74) is 5.25. The van der Waals surface area contributed by atoms with Gasteiger partial charge in [-0.25, -0.2) is 17.6 Å². The molecule has 0 amide bonds. The number of fused-ring (bicyclic) bond motifs is 1. The molecule has 1 aromatic carbocycles. The fourth-order valence-electron chi connectivity index (χ4n) is 2.95. The topological polar surface area (TPSA) is 107 Å². The zero-order valence-electron chi connectivity index (χ0n) is 13.2. The lowest BCUT2D eigenvalue weighted by molar-refractivity contribution is -0.141. The van der Waals surface area contributed by atoms with Crippen molar-refractivity contribution >= 4 is 15.8 Å². The first-order valence-corrected chi connectivity index (χ1v) is 8.83. The van der Waals surface area contributed by atoms with E-state index in [1.807, 2.05) is 0 Å². The molecule has 1 heterocycles. The third-order valence-electron chi connectivity index (χ3n) is 4.18. The zero-order chi connectivity index (χ0) is 17.6. The van der Waals surface area contributed by atoms with E-state index < -0.39 is 43.8 Å². The maximum absolute atomic E-state index is 13.6. The molecule has 2 atom stereocenters. The maximum Gasteiger partial charge on any atom is 0.340 e. The lowest BCUT2D eigenvalue weighted by atomic mass is 9.79. The van der Waals surface area contributed by atoms with Crippen LogP contribution in [0, 0.1) is 5.82 Å². The standard InChI is InChI=1S/C15H20FNO5S/c1-4-23(20,21)15(17,13(18)19)11-8-14(2,3)22-12-6-5-9(16)7-10(11)12/h5-7,11H,4,8,17H2,1-3H3,(H,18,19). The fraction of sp³-hybridized carbons (Fsp3) is 0.533. The Morgan fingerprint density at radius 1 is 1.52 bits per heavy atom. The first-order valence-electron chi connectivity index (χ1n) is 7.17. The molecule has 0 radical (unpaired) electrons. The van der Waals surface area contributed by atoms with Crippen molar-refractivity contribution in [3.63, 3.8) is 0 Å². The quantitative estimate of drug-likeness (QED) is 0.859. The van der Waals surface area contributed by atoms with Crippen molar-refractivity contribution in [2.75, 3.05) is 5.75 Å². The van der Waals surface area contributed by atoms with Gasteiger partial charge in [0.15, 0.2) is 9.84 Å². The highest BCUT2D eigenvalue weighted by molar-refractivity contribution is 7.93. The third-order valence-corrected chi connectivity index (χ3v) is 6.42. The van der Waals surface area contributed by atoms with E-state index in [2.05, 4.69) is 0 Å². The summed E-state index contributed by atoms with van der Waals surface area (Å²) in [5.74, 6) is -3.58. The van der Waals surface area contributed by atoms with Gasteiger partial charge in [-0.3, -0.25) is 0 Å². The molecule has 0 fully saturated rings. The SMILES string of the molecule is CCS(=O)(=O)C(N)(C(=O)O)C1CC(C)(C)Oc2ccc(F)cc21. The summed E-state index contributed by atoms with van der Waals surface area (Å²) in [5, 5.41) is 9.58. The Morgan fingerprint density at radius 2 is 2.13 bits per heavy atom. The molecular weight excluding hydrogens is 325 g/mol. The van der Waals surface area contributed by atoms with Crippen molar-refractivity contribution in [3.8, 4) is 5.75 Å². The Morgan fingerprint density at radius 3 is 2.65 bits per heavy atom. The molecule has 23 heavy (non-hydrogen) atoms. The largest absolute Gasteiger partial charge is 0.488 e. The molecule has 1 aromatic rings. The molecule has 0 spiro atoms. The highest BCUT2D eigenvalue weighted by Gasteiger charge is 2.56. The predicted molar refractivity (Wildman–Crippen MR) is 82.5 cm³/mol. The summed E-state index contributed by atoms with van der Waals surface area (Å²) < 4.78 is 44.2. The maximum atomic E-state index is 13.6. The summed E-state index contributed by atoms with van der Waals surface area (Å²) in [7, 11) is -4.16. The molecule has 2 rings (SSSR count). The second-order valence-corrected chi connectivity index (χ2v) is 8.78. The molecule has 2 unspecified atom stereocenters. The minimum Gasteiger partial charge on any atom is -0.488 e. The Kier molecular flexibility index (Phi) is 4.19. The van der Waals surface area contributed by atoms with Gasteiger partial charge in [-0.05, 0) is 38.5 Å². The van der Waals surface area contributed by atoms with Gasteiger partial charge in [0, 0.05) is 17.2 Å². The van der Waals surface area contributed by atoms with Crippen LogP contribution >= 0.6 is 0 Å². The van der Waals surface area contributed by atoms with Gasteiger partial charge < -0.3 is 15.6 Å². The first-order chi connectivity index (χ1) is 10.4. The second kappa shape index (κ2) is 5.45. The van der Waals surface area contributed by atoms with Crippen LogP contribution in [-0.2, 0) is 14.6 Å². The normalized spacial score (nSPS) is 22.6. The molecule has 1 aliphatic heterocycles.